The first kappa shape index (κ1) is 29.1. The minimum atomic E-state index is -4.42. The number of benzene rings is 1. The average Bonchev–Trinajstić information content (AvgIpc) is 3.26. The van der Waals surface area contributed by atoms with Crippen LogP contribution in [0, 0.1) is 20.8 Å². The summed E-state index contributed by atoms with van der Waals surface area (Å²) < 4.78 is 45.6. The number of amidine groups is 1. The summed E-state index contributed by atoms with van der Waals surface area (Å²) in [4.78, 5) is 13.8. The van der Waals surface area contributed by atoms with Gasteiger partial charge in [0, 0.05) is 14.1 Å². The van der Waals surface area contributed by atoms with Gasteiger partial charge in [0.1, 0.15) is 17.2 Å². The monoisotopic (exact) mass is 539 g/mol. The van der Waals surface area contributed by atoms with Crippen molar-refractivity contribution < 1.29 is 26.9 Å². The predicted octanol–water partition coefficient (Wildman–Crippen LogP) is 2.76. The molecule has 0 bridgehead atoms. The lowest BCUT2D eigenvalue weighted by Gasteiger charge is -2.18. The Kier molecular flexibility index (Phi) is 9.46. The molecule has 3 rings (SSSR count). The van der Waals surface area contributed by atoms with E-state index in [1.54, 1.807) is 26.0 Å². The number of rotatable bonds is 6. The van der Waals surface area contributed by atoms with Gasteiger partial charge in [0.25, 0.3) is 15.9 Å². The smallest absolute Gasteiger partial charge is 0.257 e. The molecule has 1 aliphatic rings. The minimum Gasteiger partial charge on any atom is -0.505 e. The molecule has 36 heavy (non-hydrogen) atoms. The van der Waals surface area contributed by atoms with E-state index in [2.05, 4.69) is 28.9 Å². The van der Waals surface area contributed by atoms with E-state index in [-0.39, 0.29) is 29.3 Å². The Morgan fingerprint density at radius 1 is 1.19 bits per heavy atom. The summed E-state index contributed by atoms with van der Waals surface area (Å²) in [5, 5.41) is 21.7. The van der Waals surface area contributed by atoms with E-state index >= 15 is 0 Å². The lowest BCUT2D eigenvalue weighted by molar-refractivity contribution is 0.0824. The number of hydrogen-bond acceptors (Lipinski definition) is 8. The molecule has 11 nitrogen and oxygen atoms in total. The molecule has 1 aromatic heterocycles. The van der Waals surface area contributed by atoms with Crippen molar-refractivity contribution in [1.82, 2.24) is 10.2 Å². The van der Waals surface area contributed by atoms with Crippen LogP contribution in [0.15, 0.2) is 36.9 Å². The summed E-state index contributed by atoms with van der Waals surface area (Å²) in [6.07, 6.45) is 1.25. The third-order valence-corrected chi connectivity index (χ3v) is 7.66. The predicted molar refractivity (Wildman–Crippen MR) is 141 cm³/mol. The molecule has 0 saturated heterocycles. The van der Waals surface area contributed by atoms with Crippen LogP contribution in [0.5, 0.6) is 5.75 Å². The molecule has 1 unspecified atom stereocenters. The lowest BCUT2D eigenvalue weighted by atomic mass is 10.0. The summed E-state index contributed by atoms with van der Waals surface area (Å²) >= 11 is 0. The van der Waals surface area contributed by atoms with Crippen molar-refractivity contribution in [1.29, 1.82) is 0 Å². The Labute approximate surface area is 214 Å². The Morgan fingerprint density at radius 2 is 1.81 bits per heavy atom. The summed E-state index contributed by atoms with van der Waals surface area (Å²) in [5.41, 5.74) is 1.31. The molecular formula is C23H33N5O6S2. The van der Waals surface area contributed by atoms with Gasteiger partial charge in [-0.3, -0.25) is 4.79 Å². The van der Waals surface area contributed by atoms with Crippen LogP contribution in [-0.4, -0.2) is 48.5 Å². The summed E-state index contributed by atoms with van der Waals surface area (Å²) in [5.74, 6) is 0.387. The standard InChI is InChI=1S/C20H25N5O6S2.C3H8/c1-10-6-7-14(17(26)15(10)19(27)25(4)5)23-16-18(24-32(28)20(16)33(21,29)30)22-9-13-8-11(2)12(3)31-13;1-3-2/h6-8,23,26H,9H2,1-5H3,(H,22,24)(H2,21,29,30);3H2,1-2H3. The van der Waals surface area contributed by atoms with Crippen LogP contribution in [0.1, 0.15) is 53.3 Å². The zero-order valence-corrected chi connectivity index (χ0v) is 23.1. The number of phenolic OH excluding ortho intramolecular Hbond substituents is 1. The number of phenols is 1. The number of aryl methyl sites for hydroxylation is 3. The van der Waals surface area contributed by atoms with Crippen LogP contribution in [0.25, 0.3) is 0 Å². The molecule has 0 aliphatic carbocycles. The number of nitrogens with zero attached hydrogens (tertiary/aromatic N) is 2. The number of anilines is 1. The molecule has 0 radical (unpaired) electrons. The molecule has 2 aromatic rings. The number of carbonyl (C=O) groups is 1. The van der Waals surface area contributed by atoms with E-state index in [1.807, 2.05) is 6.92 Å². The number of carbonyl (C=O) groups excluding carboxylic acids is 1. The highest BCUT2D eigenvalue weighted by Crippen LogP contribution is 2.34. The largest absolute Gasteiger partial charge is 0.505 e. The third-order valence-electron chi connectivity index (χ3n) is 4.95. The molecule has 0 fully saturated rings. The number of amides is 1. The van der Waals surface area contributed by atoms with Crippen LogP contribution in [0.2, 0.25) is 0 Å². The van der Waals surface area contributed by atoms with Crippen LogP contribution < -0.4 is 15.8 Å². The highest BCUT2D eigenvalue weighted by Gasteiger charge is 2.35. The van der Waals surface area contributed by atoms with Gasteiger partial charge in [-0.25, -0.2) is 17.8 Å². The number of furan rings is 1. The first-order valence-corrected chi connectivity index (χ1v) is 13.8. The zero-order chi connectivity index (χ0) is 27.4. The Morgan fingerprint density at radius 3 is 2.31 bits per heavy atom. The average molecular weight is 540 g/mol. The molecule has 1 aromatic carbocycles. The van der Waals surface area contributed by atoms with E-state index in [0.29, 0.717) is 11.3 Å². The number of nitrogens with two attached hydrogens (primary N) is 1. The van der Waals surface area contributed by atoms with Gasteiger partial charge in [-0.15, -0.1) is 0 Å². The van der Waals surface area contributed by atoms with Crippen LogP contribution in [0.3, 0.4) is 0 Å². The van der Waals surface area contributed by atoms with Gasteiger partial charge in [-0.05, 0) is 44.0 Å². The van der Waals surface area contributed by atoms with Crippen LogP contribution >= 0.6 is 0 Å². The number of sulfonamides is 1. The Bertz CT molecular complexity index is 1320. The normalized spacial score (nSPS) is 15.2. The first-order chi connectivity index (χ1) is 16.7. The SMILES string of the molecule is CCC.Cc1cc(CNC2=NS(=O)C(S(N)(=O)=O)=C2Nc2ccc(C)c(C(=O)N(C)C)c2O)oc1C. The van der Waals surface area contributed by atoms with Crippen molar-refractivity contribution in [2.24, 2.45) is 9.54 Å². The maximum atomic E-state index is 12.5. The number of hydrogen-bond donors (Lipinski definition) is 4. The molecule has 0 spiro atoms. The second-order valence-corrected chi connectivity index (χ2v) is 11.2. The number of primary sulfonamides is 1. The van der Waals surface area contributed by atoms with Crippen molar-refractivity contribution in [3.63, 3.8) is 0 Å². The van der Waals surface area contributed by atoms with E-state index < -0.39 is 36.9 Å². The molecule has 1 atom stereocenters. The molecule has 1 aliphatic heterocycles. The van der Waals surface area contributed by atoms with Crippen LogP contribution in [-0.2, 0) is 27.6 Å². The van der Waals surface area contributed by atoms with Gasteiger partial charge in [-0.1, -0.05) is 26.3 Å². The van der Waals surface area contributed by atoms with E-state index in [0.717, 1.165) is 11.3 Å². The van der Waals surface area contributed by atoms with Crippen molar-refractivity contribution in [2.45, 2.75) is 47.6 Å². The Balaban J connectivity index is 0.00000145. The molecule has 0 saturated carbocycles. The van der Waals surface area contributed by atoms with Gasteiger partial charge < -0.3 is 25.1 Å². The fraction of sp³-hybridized carbons (Fsp3) is 0.391. The summed E-state index contributed by atoms with van der Waals surface area (Å²) in [6, 6.07) is 4.85. The number of aromatic hydroxyl groups is 1. The molecule has 2 heterocycles. The quantitative estimate of drug-likeness (QED) is 0.406. The summed E-state index contributed by atoms with van der Waals surface area (Å²) in [7, 11) is -3.65. The lowest BCUT2D eigenvalue weighted by Crippen LogP contribution is -2.29. The molecule has 5 N–H and O–H groups in total. The maximum Gasteiger partial charge on any atom is 0.257 e. The summed E-state index contributed by atoms with van der Waals surface area (Å²) in [6.45, 7) is 9.71. The van der Waals surface area contributed by atoms with E-state index in [4.69, 9.17) is 9.56 Å². The molecule has 198 valence electrons. The van der Waals surface area contributed by atoms with Crippen molar-refractivity contribution in [2.75, 3.05) is 19.4 Å². The van der Waals surface area contributed by atoms with Crippen molar-refractivity contribution in [3.8, 4) is 5.75 Å². The van der Waals surface area contributed by atoms with Gasteiger partial charge in [0.15, 0.2) is 26.8 Å². The first-order valence-electron chi connectivity index (χ1n) is 11.1. The fourth-order valence-electron chi connectivity index (χ4n) is 3.16. The second-order valence-electron chi connectivity index (χ2n) is 8.39. The second kappa shape index (κ2) is 11.7. The third kappa shape index (κ3) is 6.53. The molecule has 13 heteroatoms. The molecular weight excluding hydrogens is 506 g/mol. The van der Waals surface area contributed by atoms with Crippen molar-refractivity contribution in [3.05, 3.63) is 56.3 Å². The Hall–Kier alpha value is -3.16. The fourth-order valence-corrected chi connectivity index (χ4v) is 5.22. The maximum absolute atomic E-state index is 12.5. The van der Waals surface area contributed by atoms with Gasteiger partial charge in [0.05, 0.1) is 17.8 Å². The van der Waals surface area contributed by atoms with Gasteiger partial charge >= 0.3 is 0 Å². The number of nitrogens with one attached hydrogen (secondary N) is 2. The van der Waals surface area contributed by atoms with Gasteiger partial charge in [-0.2, -0.15) is 4.40 Å². The van der Waals surface area contributed by atoms with Crippen molar-refractivity contribution >= 4 is 38.4 Å². The van der Waals surface area contributed by atoms with E-state index in [9.17, 15) is 22.5 Å². The topological polar surface area (TPSA) is 167 Å². The highest BCUT2D eigenvalue weighted by atomic mass is 32.3. The van der Waals surface area contributed by atoms with Crippen LogP contribution in [0.4, 0.5) is 5.69 Å². The van der Waals surface area contributed by atoms with E-state index in [1.165, 1.54) is 31.5 Å². The zero-order valence-electron chi connectivity index (χ0n) is 21.4. The van der Waals surface area contributed by atoms with Gasteiger partial charge in [0.2, 0.25) is 0 Å². The molecule has 1 amide bonds. The highest BCUT2D eigenvalue weighted by molar-refractivity contribution is 8.10. The minimum absolute atomic E-state index is 0.0139.